The Balaban J connectivity index is 4.90. The van der Waals surface area contributed by atoms with E-state index < -0.39 is 13.3 Å². The van der Waals surface area contributed by atoms with Crippen LogP contribution in [-0.2, 0) is 0 Å². The molecule has 0 saturated carbocycles. The highest BCUT2D eigenvalue weighted by molar-refractivity contribution is 6.84. The zero-order chi connectivity index (χ0) is 10.5. The van der Waals surface area contributed by atoms with Crippen molar-refractivity contribution in [1.29, 1.82) is 0 Å². The Morgan fingerprint density at radius 2 is 1.62 bits per heavy atom. The van der Waals surface area contributed by atoms with Crippen LogP contribution in [0.3, 0.4) is 0 Å². The summed E-state index contributed by atoms with van der Waals surface area (Å²) < 4.78 is 0. The molecule has 0 spiro atoms. The van der Waals surface area contributed by atoms with Gasteiger partial charge in [-0.05, 0) is 6.92 Å². The fourth-order valence-corrected chi connectivity index (χ4v) is 6.26. The van der Waals surface area contributed by atoms with E-state index in [9.17, 15) is 5.11 Å². The second-order valence-electron chi connectivity index (χ2n) is 3.88. The Bertz CT molecular complexity index is 165. The third-order valence-corrected chi connectivity index (χ3v) is 9.82. The van der Waals surface area contributed by atoms with Crippen molar-refractivity contribution in [1.82, 2.24) is 0 Å². The maximum atomic E-state index is 10.3. The lowest BCUT2D eigenvalue weighted by molar-refractivity contribution is 0.208. The minimum absolute atomic E-state index is 0.639. The van der Waals surface area contributed by atoms with Gasteiger partial charge in [0.15, 0.2) is 0 Å². The van der Waals surface area contributed by atoms with Crippen molar-refractivity contribution >= 4 is 14.3 Å². The fourth-order valence-electron chi connectivity index (χ4n) is 2.21. The van der Waals surface area contributed by atoms with Gasteiger partial charge in [0.05, 0.1) is 13.3 Å². The van der Waals surface area contributed by atoms with Crippen molar-refractivity contribution in [3.05, 3.63) is 0 Å². The van der Waals surface area contributed by atoms with Gasteiger partial charge in [-0.1, -0.05) is 38.9 Å². The summed E-state index contributed by atoms with van der Waals surface area (Å²) in [4.78, 5) is 3.98. The Morgan fingerprint density at radius 3 is 1.85 bits per heavy atom. The molecule has 0 aliphatic carbocycles. The monoisotopic (exact) mass is 201 g/mol. The molecule has 1 unspecified atom stereocenters. The fraction of sp³-hybridized carbons (Fsp3) is 0.900. The highest BCUT2D eigenvalue weighted by Gasteiger charge is 2.43. The lowest BCUT2D eigenvalue weighted by Crippen LogP contribution is -2.56. The van der Waals surface area contributed by atoms with Crippen molar-refractivity contribution in [3.8, 4) is 0 Å². The van der Waals surface area contributed by atoms with Crippen LogP contribution < -0.4 is 0 Å². The van der Waals surface area contributed by atoms with E-state index in [0.29, 0.717) is 0 Å². The van der Waals surface area contributed by atoms with Crippen molar-refractivity contribution in [2.45, 2.75) is 51.1 Å². The average Bonchev–Trinajstić information content (AvgIpc) is 2.07. The molecule has 0 aromatic heterocycles. The molecule has 0 heterocycles. The smallest absolute Gasteiger partial charge is 0.0969 e. The third-order valence-electron chi connectivity index (χ3n) is 3.48. The molecule has 0 bridgehead atoms. The Hall–Kier alpha value is -0.153. The van der Waals surface area contributed by atoms with Gasteiger partial charge < -0.3 is 5.11 Å². The molecule has 0 saturated heterocycles. The van der Waals surface area contributed by atoms with Crippen LogP contribution >= 0.6 is 0 Å². The Kier molecular flexibility index (Phi) is 4.85. The predicted molar refractivity (Wildman–Crippen MR) is 62.2 cm³/mol. The third kappa shape index (κ3) is 2.41. The first kappa shape index (κ1) is 12.8. The SMILES string of the molecule is CC[Si](CC)(CC)C(C)(O)C=NC. The standard InChI is InChI=1S/C10H23NOSi/c1-6-13(7-2,8-3)10(4,12)9-11-5/h9,12H,6-8H2,1-5H3. The van der Waals surface area contributed by atoms with Gasteiger partial charge >= 0.3 is 0 Å². The van der Waals surface area contributed by atoms with Crippen molar-refractivity contribution in [2.75, 3.05) is 7.05 Å². The molecule has 0 amide bonds. The molecule has 0 rings (SSSR count). The highest BCUT2D eigenvalue weighted by Crippen LogP contribution is 2.30. The van der Waals surface area contributed by atoms with Crippen LogP contribution in [0.2, 0.25) is 18.1 Å². The highest BCUT2D eigenvalue weighted by atomic mass is 28.3. The summed E-state index contributed by atoms with van der Waals surface area (Å²) in [7, 11) is 0.171. The number of hydrogen-bond acceptors (Lipinski definition) is 2. The molecule has 0 radical (unpaired) electrons. The quantitative estimate of drug-likeness (QED) is 0.538. The molecule has 3 heteroatoms. The summed E-state index contributed by atoms with van der Waals surface area (Å²) in [6.45, 7) is 8.49. The maximum Gasteiger partial charge on any atom is 0.0969 e. The number of rotatable bonds is 5. The van der Waals surface area contributed by atoms with Crippen molar-refractivity contribution < 1.29 is 5.11 Å². The van der Waals surface area contributed by atoms with Gasteiger partial charge in [-0.3, -0.25) is 4.99 Å². The van der Waals surface area contributed by atoms with Crippen LogP contribution in [0.1, 0.15) is 27.7 Å². The van der Waals surface area contributed by atoms with E-state index in [4.69, 9.17) is 0 Å². The van der Waals surface area contributed by atoms with Crippen molar-refractivity contribution in [2.24, 2.45) is 4.99 Å². The Morgan fingerprint density at radius 1 is 1.23 bits per heavy atom. The largest absolute Gasteiger partial charge is 0.388 e. The molecule has 1 N–H and O–H groups in total. The van der Waals surface area contributed by atoms with Gasteiger partial charge in [-0.15, -0.1) is 0 Å². The number of nitrogens with zero attached hydrogens (tertiary/aromatic N) is 1. The molecule has 0 aromatic carbocycles. The zero-order valence-electron chi connectivity index (χ0n) is 9.59. The van der Waals surface area contributed by atoms with E-state index in [1.807, 2.05) is 6.92 Å². The normalized spacial score (nSPS) is 17.7. The topological polar surface area (TPSA) is 32.6 Å². The first-order valence-electron chi connectivity index (χ1n) is 5.15. The van der Waals surface area contributed by atoms with E-state index in [1.165, 1.54) is 0 Å². The maximum absolute atomic E-state index is 10.3. The zero-order valence-corrected chi connectivity index (χ0v) is 10.6. The summed E-state index contributed by atoms with van der Waals surface area (Å²) in [6, 6.07) is 3.37. The Labute approximate surface area is 83.1 Å². The van der Waals surface area contributed by atoms with Crippen LogP contribution in [-0.4, -0.2) is 31.7 Å². The molecule has 0 aliphatic rings. The van der Waals surface area contributed by atoms with Gasteiger partial charge in [0.25, 0.3) is 0 Å². The van der Waals surface area contributed by atoms with Crippen LogP contribution in [0.25, 0.3) is 0 Å². The van der Waals surface area contributed by atoms with E-state index in [2.05, 4.69) is 25.8 Å². The summed E-state index contributed by atoms with van der Waals surface area (Å²) >= 11 is 0. The average molecular weight is 201 g/mol. The predicted octanol–water partition coefficient (Wildman–Crippen LogP) is 2.49. The van der Waals surface area contributed by atoms with E-state index in [-0.39, 0.29) is 0 Å². The number of aliphatic imine (C=N–C) groups is 1. The van der Waals surface area contributed by atoms with Crippen LogP contribution in [0.4, 0.5) is 0 Å². The first-order valence-corrected chi connectivity index (χ1v) is 7.77. The van der Waals surface area contributed by atoms with Crippen LogP contribution in [0.15, 0.2) is 4.99 Å². The summed E-state index contributed by atoms with van der Waals surface area (Å²) in [6.07, 6.45) is 1.73. The molecule has 0 aliphatic heterocycles. The van der Waals surface area contributed by atoms with Gasteiger partial charge in [0.1, 0.15) is 0 Å². The number of hydrogen-bond donors (Lipinski definition) is 1. The summed E-state index contributed by atoms with van der Waals surface area (Å²) in [5.41, 5.74) is 0. The molecule has 13 heavy (non-hydrogen) atoms. The van der Waals surface area contributed by atoms with E-state index >= 15 is 0 Å². The molecular formula is C10H23NOSi. The lowest BCUT2D eigenvalue weighted by atomic mass is 10.4. The summed E-state index contributed by atoms with van der Waals surface area (Å²) in [5.74, 6) is 0. The number of aliphatic hydroxyl groups is 1. The second kappa shape index (κ2) is 4.91. The molecule has 1 atom stereocenters. The van der Waals surface area contributed by atoms with Crippen LogP contribution in [0, 0.1) is 0 Å². The minimum atomic E-state index is -1.56. The molecule has 0 aromatic rings. The minimum Gasteiger partial charge on any atom is -0.388 e. The van der Waals surface area contributed by atoms with Gasteiger partial charge in [0.2, 0.25) is 0 Å². The van der Waals surface area contributed by atoms with Crippen molar-refractivity contribution in [3.63, 3.8) is 0 Å². The molecule has 78 valence electrons. The first-order chi connectivity index (χ1) is 5.99. The second-order valence-corrected chi connectivity index (χ2v) is 9.57. The van der Waals surface area contributed by atoms with E-state index in [1.54, 1.807) is 13.3 Å². The van der Waals surface area contributed by atoms with Gasteiger partial charge in [-0.25, -0.2) is 0 Å². The van der Waals surface area contributed by atoms with Gasteiger partial charge in [0, 0.05) is 13.3 Å². The molecule has 0 fully saturated rings. The molecule has 2 nitrogen and oxygen atoms in total. The van der Waals surface area contributed by atoms with Crippen LogP contribution in [0.5, 0.6) is 0 Å². The molecular weight excluding hydrogens is 178 g/mol. The lowest BCUT2D eigenvalue weighted by Gasteiger charge is -2.39. The van der Waals surface area contributed by atoms with Gasteiger partial charge in [-0.2, -0.15) is 0 Å². The summed E-state index contributed by atoms with van der Waals surface area (Å²) in [5, 5.41) is 9.70. The van der Waals surface area contributed by atoms with E-state index in [0.717, 1.165) is 18.1 Å².